The fourth-order valence-corrected chi connectivity index (χ4v) is 3.85. The predicted octanol–water partition coefficient (Wildman–Crippen LogP) is 0.307. The van der Waals surface area contributed by atoms with Crippen LogP contribution >= 0.6 is 0 Å². The third-order valence-corrected chi connectivity index (χ3v) is 5.49. The smallest absolute Gasteiger partial charge is 0.325 e. The number of nitrogens with zero attached hydrogens (tertiary/aromatic N) is 2. The summed E-state index contributed by atoms with van der Waals surface area (Å²) >= 11 is 0. The van der Waals surface area contributed by atoms with Crippen LogP contribution in [-0.2, 0) is 9.59 Å². The summed E-state index contributed by atoms with van der Waals surface area (Å²) in [7, 11) is 0. The lowest BCUT2D eigenvalue weighted by atomic mass is 9.77. The number of piperazine rings is 1. The van der Waals surface area contributed by atoms with Gasteiger partial charge in [0.1, 0.15) is 12.1 Å². The second-order valence-electron chi connectivity index (χ2n) is 7.23. The first kappa shape index (κ1) is 16.2. The third-order valence-electron chi connectivity index (χ3n) is 5.49. The minimum atomic E-state index is -0.765. The maximum absolute atomic E-state index is 12.8. The van der Waals surface area contributed by atoms with E-state index in [-0.39, 0.29) is 24.4 Å². The molecule has 1 saturated carbocycles. The first-order valence-electron chi connectivity index (χ1n) is 8.57. The lowest BCUT2D eigenvalue weighted by Crippen LogP contribution is -2.55. The molecule has 2 N–H and O–H groups in total. The zero-order chi connectivity index (χ0) is 16.6. The van der Waals surface area contributed by atoms with Gasteiger partial charge in [0, 0.05) is 25.7 Å². The molecule has 2 saturated heterocycles. The fraction of sp³-hybridized carbons (Fsp3) is 0.812. The van der Waals surface area contributed by atoms with E-state index in [4.69, 9.17) is 0 Å². The Hall–Kier alpha value is -1.63. The summed E-state index contributed by atoms with van der Waals surface area (Å²) in [6.07, 6.45) is 3.21. The van der Waals surface area contributed by atoms with Crippen LogP contribution in [0.2, 0.25) is 0 Å². The van der Waals surface area contributed by atoms with E-state index in [0.717, 1.165) is 30.8 Å². The summed E-state index contributed by atoms with van der Waals surface area (Å²) in [6.45, 7) is 6.10. The van der Waals surface area contributed by atoms with Gasteiger partial charge in [-0.3, -0.25) is 14.5 Å². The topological polar surface area (TPSA) is 81.8 Å². The molecule has 0 bridgehead atoms. The van der Waals surface area contributed by atoms with Crippen LogP contribution in [-0.4, -0.2) is 65.4 Å². The summed E-state index contributed by atoms with van der Waals surface area (Å²) in [5.41, 5.74) is -0.765. The minimum absolute atomic E-state index is 0.0847. The van der Waals surface area contributed by atoms with Gasteiger partial charge in [-0.05, 0) is 38.5 Å². The van der Waals surface area contributed by atoms with Crippen LogP contribution in [0.4, 0.5) is 4.79 Å². The van der Waals surface area contributed by atoms with E-state index in [2.05, 4.69) is 17.6 Å². The summed E-state index contributed by atoms with van der Waals surface area (Å²) in [5.74, 6) is 0.219. The highest BCUT2D eigenvalue weighted by Gasteiger charge is 2.52. The van der Waals surface area contributed by atoms with Gasteiger partial charge in [-0.1, -0.05) is 6.92 Å². The average Bonchev–Trinajstić information content (AvgIpc) is 2.75. The van der Waals surface area contributed by atoms with E-state index < -0.39 is 11.6 Å². The van der Waals surface area contributed by atoms with Crippen LogP contribution in [0.1, 0.15) is 39.5 Å². The molecule has 0 aromatic heterocycles. The highest BCUT2D eigenvalue weighted by atomic mass is 16.2. The number of hydrogen-bond acceptors (Lipinski definition) is 4. The van der Waals surface area contributed by atoms with Crippen molar-refractivity contribution in [1.29, 1.82) is 0 Å². The van der Waals surface area contributed by atoms with Gasteiger partial charge in [0.15, 0.2) is 0 Å². The van der Waals surface area contributed by atoms with Crippen molar-refractivity contribution in [2.45, 2.75) is 51.1 Å². The first-order chi connectivity index (χ1) is 10.9. The number of nitrogens with one attached hydrogen (secondary N) is 2. The quantitative estimate of drug-likeness (QED) is 0.717. The molecule has 3 rings (SSSR count). The molecule has 0 aromatic rings. The number of carbonyl (C=O) groups is 3. The molecule has 3 aliphatic rings. The number of imide groups is 1. The molecule has 0 unspecified atom stereocenters. The molecular weight excluding hydrogens is 296 g/mol. The van der Waals surface area contributed by atoms with Crippen molar-refractivity contribution in [3.8, 4) is 0 Å². The highest BCUT2D eigenvalue weighted by Crippen LogP contribution is 2.36. The van der Waals surface area contributed by atoms with Gasteiger partial charge < -0.3 is 15.5 Å². The molecule has 3 fully saturated rings. The van der Waals surface area contributed by atoms with Crippen molar-refractivity contribution in [1.82, 2.24) is 20.4 Å². The van der Waals surface area contributed by atoms with Gasteiger partial charge in [-0.2, -0.15) is 0 Å². The van der Waals surface area contributed by atoms with Crippen LogP contribution in [0.15, 0.2) is 0 Å². The summed E-state index contributed by atoms with van der Waals surface area (Å²) < 4.78 is 0. The first-order valence-corrected chi connectivity index (χ1v) is 8.57. The van der Waals surface area contributed by atoms with Crippen LogP contribution in [0.3, 0.4) is 0 Å². The van der Waals surface area contributed by atoms with Gasteiger partial charge in [-0.15, -0.1) is 0 Å². The second kappa shape index (κ2) is 6.11. The van der Waals surface area contributed by atoms with E-state index in [9.17, 15) is 14.4 Å². The van der Waals surface area contributed by atoms with Gasteiger partial charge in [0.25, 0.3) is 5.91 Å². The Morgan fingerprint density at radius 2 is 1.96 bits per heavy atom. The average molecular weight is 322 g/mol. The number of rotatable bonds is 2. The Labute approximate surface area is 136 Å². The van der Waals surface area contributed by atoms with Gasteiger partial charge >= 0.3 is 6.03 Å². The largest absolute Gasteiger partial charge is 0.336 e. The lowest BCUT2D eigenvalue weighted by Gasteiger charge is -2.35. The maximum Gasteiger partial charge on any atom is 0.325 e. The van der Waals surface area contributed by atoms with Crippen molar-refractivity contribution < 1.29 is 14.4 Å². The molecule has 1 spiro atoms. The van der Waals surface area contributed by atoms with Crippen molar-refractivity contribution in [3.63, 3.8) is 0 Å². The summed E-state index contributed by atoms with van der Waals surface area (Å²) in [4.78, 5) is 40.4. The Morgan fingerprint density at radius 3 is 2.61 bits per heavy atom. The highest BCUT2D eigenvalue weighted by molar-refractivity contribution is 6.09. The lowest BCUT2D eigenvalue weighted by molar-refractivity contribution is -0.141. The monoisotopic (exact) mass is 322 g/mol. The van der Waals surface area contributed by atoms with Crippen molar-refractivity contribution in [2.24, 2.45) is 5.92 Å². The zero-order valence-corrected chi connectivity index (χ0v) is 13.9. The molecule has 128 valence electrons. The Kier molecular flexibility index (Phi) is 4.31. The Bertz CT molecular complexity index is 513. The molecule has 7 heteroatoms. The minimum Gasteiger partial charge on any atom is -0.336 e. The number of amides is 4. The van der Waals surface area contributed by atoms with Crippen molar-refractivity contribution in [3.05, 3.63) is 0 Å². The molecule has 23 heavy (non-hydrogen) atoms. The van der Waals surface area contributed by atoms with Gasteiger partial charge in [0.2, 0.25) is 5.91 Å². The molecule has 0 radical (unpaired) electrons. The van der Waals surface area contributed by atoms with Crippen LogP contribution in [0.25, 0.3) is 0 Å². The van der Waals surface area contributed by atoms with Crippen LogP contribution in [0, 0.1) is 5.92 Å². The maximum atomic E-state index is 12.8. The molecule has 2 heterocycles. The fourth-order valence-electron chi connectivity index (χ4n) is 3.85. The zero-order valence-electron chi connectivity index (χ0n) is 13.9. The standard InChI is InChI=1S/C16H26N4O3/c1-11-3-5-16(6-4-11)14(22)20(15(23)18-16)10-13(21)19-8-7-17-9-12(19)2/h11-12,17H,3-10H2,1-2H3,(H,18,23)/t11?,12-,16?/m0/s1. The molecule has 1 aliphatic carbocycles. The molecular formula is C16H26N4O3. The SMILES string of the molecule is CC1CCC2(CC1)NC(=O)N(CC(=O)N1CCNC[C@@H]1C)C2=O. The van der Waals surface area contributed by atoms with Crippen molar-refractivity contribution >= 4 is 17.8 Å². The van der Waals surface area contributed by atoms with E-state index >= 15 is 0 Å². The third kappa shape index (κ3) is 2.94. The Balaban J connectivity index is 1.67. The van der Waals surface area contributed by atoms with Crippen molar-refractivity contribution in [2.75, 3.05) is 26.2 Å². The molecule has 2 aliphatic heterocycles. The van der Waals surface area contributed by atoms with Crippen LogP contribution < -0.4 is 10.6 Å². The predicted molar refractivity (Wildman–Crippen MR) is 84.7 cm³/mol. The van der Waals surface area contributed by atoms with E-state index in [1.807, 2.05) is 6.92 Å². The number of urea groups is 1. The molecule has 0 aromatic carbocycles. The molecule has 1 atom stereocenters. The van der Waals surface area contributed by atoms with Gasteiger partial charge in [0.05, 0.1) is 0 Å². The van der Waals surface area contributed by atoms with E-state index in [0.29, 0.717) is 25.3 Å². The number of carbonyl (C=O) groups excluding carboxylic acids is 3. The normalized spacial score (nSPS) is 34.9. The van der Waals surface area contributed by atoms with E-state index in [1.165, 1.54) is 0 Å². The van der Waals surface area contributed by atoms with Crippen LogP contribution in [0.5, 0.6) is 0 Å². The Morgan fingerprint density at radius 1 is 1.26 bits per heavy atom. The summed E-state index contributed by atoms with van der Waals surface area (Å²) in [6, 6.07) is -0.331. The summed E-state index contributed by atoms with van der Waals surface area (Å²) in [5, 5.41) is 6.09. The number of hydrogen-bond donors (Lipinski definition) is 2. The molecule has 4 amide bonds. The van der Waals surface area contributed by atoms with Gasteiger partial charge in [-0.25, -0.2) is 4.79 Å². The van der Waals surface area contributed by atoms with E-state index in [1.54, 1.807) is 4.90 Å². The molecule has 7 nitrogen and oxygen atoms in total. The second-order valence-corrected chi connectivity index (χ2v) is 7.23.